The van der Waals surface area contributed by atoms with Crippen molar-refractivity contribution in [1.82, 2.24) is 19.9 Å². The summed E-state index contributed by atoms with van der Waals surface area (Å²) in [6, 6.07) is 29.4. The average Bonchev–Trinajstić information content (AvgIpc) is 3.88. The fourth-order valence-electron chi connectivity index (χ4n) is 6.89. The molecule has 0 spiro atoms. The first-order valence-corrected chi connectivity index (χ1v) is 18.5. The summed E-state index contributed by atoms with van der Waals surface area (Å²) in [4.78, 5) is 23.3. The lowest BCUT2D eigenvalue weighted by molar-refractivity contribution is 0.155. The van der Waals surface area contributed by atoms with Crippen molar-refractivity contribution in [2.45, 2.75) is 91.5 Å². The lowest BCUT2D eigenvalue weighted by Gasteiger charge is -2.22. The van der Waals surface area contributed by atoms with Crippen molar-refractivity contribution < 1.29 is 9.53 Å². The second-order valence-corrected chi connectivity index (χ2v) is 15.0. The molecule has 51 heavy (non-hydrogen) atoms. The zero-order chi connectivity index (χ0) is 35.4. The van der Waals surface area contributed by atoms with Crippen molar-refractivity contribution in [2.75, 3.05) is 17.2 Å². The Balaban J connectivity index is 1.19. The number of para-hydroxylation sites is 1. The third kappa shape index (κ3) is 8.34. The van der Waals surface area contributed by atoms with E-state index in [0.717, 1.165) is 71.8 Å². The molecule has 8 heteroatoms. The van der Waals surface area contributed by atoms with E-state index in [4.69, 9.17) is 14.7 Å². The molecule has 2 heterocycles. The van der Waals surface area contributed by atoms with Crippen LogP contribution in [0.4, 0.5) is 16.3 Å². The van der Waals surface area contributed by atoms with E-state index in [0.29, 0.717) is 17.9 Å². The number of benzene rings is 4. The molecule has 6 aromatic rings. The van der Waals surface area contributed by atoms with Gasteiger partial charge in [-0.2, -0.15) is 0 Å². The number of carbonyl (C=O) groups is 1. The number of hydrogen-bond donors (Lipinski definition) is 3. The van der Waals surface area contributed by atoms with Crippen molar-refractivity contribution in [1.29, 1.82) is 0 Å². The molecule has 0 atom stereocenters. The number of carbonyl (C=O) groups excluding carboxylic acids is 1. The number of aryl methyl sites for hydroxylation is 1. The Morgan fingerprint density at radius 2 is 1.59 bits per heavy atom. The third-order valence-corrected chi connectivity index (χ3v) is 9.65. The van der Waals surface area contributed by atoms with Gasteiger partial charge in [0.25, 0.3) is 0 Å². The summed E-state index contributed by atoms with van der Waals surface area (Å²) in [5.74, 6) is 2.32. The smallest absolute Gasteiger partial charge is 0.413 e. The topological polar surface area (TPSA) is 93.1 Å². The Hall–Kier alpha value is -4.95. The molecule has 8 nitrogen and oxygen atoms in total. The summed E-state index contributed by atoms with van der Waals surface area (Å²) in [5.41, 5.74) is 6.89. The van der Waals surface area contributed by atoms with Gasteiger partial charge >= 0.3 is 6.09 Å². The molecule has 0 aliphatic heterocycles. The molecule has 264 valence electrons. The maximum Gasteiger partial charge on any atom is 0.413 e. The van der Waals surface area contributed by atoms with Gasteiger partial charge in [0.05, 0.1) is 11.0 Å². The van der Waals surface area contributed by atoms with Crippen LogP contribution in [-0.2, 0) is 30.9 Å². The van der Waals surface area contributed by atoms with E-state index >= 15 is 0 Å². The monoisotopic (exact) mass is 682 g/mol. The van der Waals surface area contributed by atoms with E-state index in [-0.39, 0.29) is 12.1 Å². The molecule has 1 aliphatic rings. The zero-order valence-corrected chi connectivity index (χ0v) is 30.4. The number of fused-ring (bicyclic) bond motifs is 4. The van der Waals surface area contributed by atoms with Gasteiger partial charge in [-0.1, -0.05) is 92.9 Å². The molecule has 1 aliphatic carbocycles. The summed E-state index contributed by atoms with van der Waals surface area (Å²) in [7, 11) is 0. The number of nitrogens with zero attached hydrogens (tertiary/aromatic N) is 3. The standard InChI is InChI=1S/C43H50N6O2/c1-5-6-15-38-46-39-40(49(38)27-32-21-20-31(26-44-25-24-29-16-17-29)34-11-7-8-12-35(32)34)36-13-9-10-14-37(36)45-41(39)47-42(50)51-28-30-18-22-33(23-19-30)48-43(2,3)4/h7-14,18-23,29,44,48H,5-6,15-17,24-28H2,1-4H3,(H,45,47,50). The maximum atomic E-state index is 13.3. The van der Waals surface area contributed by atoms with Crippen LogP contribution in [0.25, 0.3) is 32.7 Å². The van der Waals surface area contributed by atoms with Crippen molar-refractivity contribution in [3.05, 3.63) is 107 Å². The molecule has 3 N–H and O–H groups in total. The van der Waals surface area contributed by atoms with Crippen molar-refractivity contribution >= 4 is 50.3 Å². The number of anilines is 2. The highest BCUT2D eigenvalue weighted by atomic mass is 16.5. The Morgan fingerprint density at radius 1 is 0.882 bits per heavy atom. The van der Waals surface area contributed by atoms with E-state index < -0.39 is 6.09 Å². The third-order valence-electron chi connectivity index (χ3n) is 9.65. The SMILES string of the molecule is CCCCc1nc2c(NC(=O)OCc3ccc(NC(C)(C)C)cc3)nc3ccccc3c2n1Cc1ccc(CNCCC2CC2)c2ccccc12. The van der Waals surface area contributed by atoms with E-state index in [1.54, 1.807) is 0 Å². The molecule has 4 aromatic carbocycles. The Morgan fingerprint density at radius 3 is 2.31 bits per heavy atom. The van der Waals surface area contributed by atoms with Gasteiger partial charge < -0.3 is 19.9 Å². The molecule has 0 bridgehead atoms. The van der Waals surface area contributed by atoms with Gasteiger partial charge in [0.2, 0.25) is 0 Å². The number of pyridine rings is 1. The maximum absolute atomic E-state index is 13.3. The van der Waals surface area contributed by atoms with Crippen LogP contribution in [-0.4, -0.2) is 32.7 Å². The van der Waals surface area contributed by atoms with E-state index in [9.17, 15) is 4.79 Å². The van der Waals surface area contributed by atoms with Crippen LogP contribution in [0, 0.1) is 5.92 Å². The van der Waals surface area contributed by atoms with Crippen molar-refractivity contribution in [2.24, 2.45) is 5.92 Å². The largest absolute Gasteiger partial charge is 0.444 e. The number of amides is 1. The van der Waals surface area contributed by atoms with Gasteiger partial charge in [0, 0.05) is 36.1 Å². The quantitative estimate of drug-likeness (QED) is 0.0991. The highest BCUT2D eigenvalue weighted by molar-refractivity contribution is 6.09. The number of unbranched alkanes of at least 4 members (excludes halogenated alkanes) is 1. The normalized spacial score (nSPS) is 13.3. The molecular weight excluding hydrogens is 633 g/mol. The van der Waals surface area contributed by atoms with Gasteiger partial charge in [0.15, 0.2) is 5.82 Å². The van der Waals surface area contributed by atoms with E-state index in [2.05, 4.69) is 90.7 Å². The Labute approximate surface area is 301 Å². The summed E-state index contributed by atoms with van der Waals surface area (Å²) in [6.07, 6.45) is 6.37. The van der Waals surface area contributed by atoms with Crippen molar-refractivity contribution in [3.8, 4) is 0 Å². The van der Waals surface area contributed by atoms with Crippen LogP contribution in [0.2, 0.25) is 0 Å². The summed E-state index contributed by atoms with van der Waals surface area (Å²) >= 11 is 0. The van der Waals surface area contributed by atoms with Crippen LogP contribution < -0.4 is 16.0 Å². The zero-order valence-electron chi connectivity index (χ0n) is 30.4. The van der Waals surface area contributed by atoms with Crippen LogP contribution in [0.3, 0.4) is 0 Å². The van der Waals surface area contributed by atoms with Crippen LogP contribution in [0.1, 0.15) is 82.3 Å². The lowest BCUT2D eigenvalue weighted by Crippen LogP contribution is -2.25. The molecular formula is C43H50N6O2. The van der Waals surface area contributed by atoms with Gasteiger partial charge in [-0.25, -0.2) is 14.8 Å². The van der Waals surface area contributed by atoms with Gasteiger partial charge in [-0.3, -0.25) is 5.32 Å². The molecule has 0 saturated heterocycles. The predicted molar refractivity (Wildman–Crippen MR) is 209 cm³/mol. The van der Waals surface area contributed by atoms with Crippen molar-refractivity contribution in [3.63, 3.8) is 0 Å². The number of ether oxygens (including phenoxy) is 1. The highest BCUT2D eigenvalue weighted by Crippen LogP contribution is 2.34. The Bertz CT molecular complexity index is 2140. The predicted octanol–water partition coefficient (Wildman–Crippen LogP) is 9.98. The van der Waals surface area contributed by atoms with E-state index in [1.807, 2.05) is 42.5 Å². The van der Waals surface area contributed by atoms with Crippen LogP contribution in [0.15, 0.2) is 84.9 Å². The number of nitrogens with one attached hydrogen (secondary N) is 3. The van der Waals surface area contributed by atoms with E-state index in [1.165, 1.54) is 41.2 Å². The second-order valence-electron chi connectivity index (χ2n) is 15.0. The van der Waals surface area contributed by atoms with Crippen LogP contribution >= 0.6 is 0 Å². The fourth-order valence-corrected chi connectivity index (χ4v) is 6.89. The number of hydrogen-bond acceptors (Lipinski definition) is 6. The minimum Gasteiger partial charge on any atom is -0.444 e. The second kappa shape index (κ2) is 15.1. The molecule has 0 radical (unpaired) electrons. The number of imidazole rings is 1. The van der Waals surface area contributed by atoms with Crippen LogP contribution in [0.5, 0.6) is 0 Å². The molecule has 2 aromatic heterocycles. The minimum absolute atomic E-state index is 0.0378. The molecule has 1 fully saturated rings. The molecule has 0 unspecified atom stereocenters. The first-order chi connectivity index (χ1) is 24.8. The summed E-state index contributed by atoms with van der Waals surface area (Å²) < 4.78 is 8.03. The molecule has 1 amide bonds. The number of aromatic nitrogens is 3. The summed E-state index contributed by atoms with van der Waals surface area (Å²) in [5, 5.41) is 13.6. The Kier molecular flexibility index (Phi) is 10.2. The molecule has 7 rings (SSSR count). The fraction of sp³-hybridized carbons (Fsp3) is 0.372. The molecule has 1 saturated carbocycles. The lowest BCUT2D eigenvalue weighted by atomic mass is 9.99. The first kappa shape index (κ1) is 34.5. The minimum atomic E-state index is -0.562. The van der Waals surface area contributed by atoms with Gasteiger partial charge in [-0.05, 0) is 91.7 Å². The van der Waals surface area contributed by atoms with Gasteiger partial charge in [-0.15, -0.1) is 0 Å². The summed E-state index contributed by atoms with van der Waals surface area (Å²) in [6.45, 7) is 11.3. The highest BCUT2D eigenvalue weighted by Gasteiger charge is 2.22. The van der Waals surface area contributed by atoms with Gasteiger partial charge in [0.1, 0.15) is 17.9 Å². The average molecular weight is 683 g/mol. The number of rotatable bonds is 14. The first-order valence-electron chi connectivity index (χ1n) is 18.5.